The molecule has 0 saturated heterocycles. The molecule has 49 heavy (non-hydrogen) atoms. The fourth-order valence-electron chi connectivity index (χ4n) is 12.7. The van der Waals surface area contributed by atoms with Gasteiger partial charge in [0.1, 0.15) is 0 Å². The van der Waals surface area contributed by atoms with Crippen molar-refractivity contribution in [1.29, 1.82) is 0 Å². The van der Waals surface area contributed by atoms with Crippen LogP contribution in [0, 0.1) is 67.5 Å². The van der Waals surface area contributed by atoms with Gasteiger partial charge in [0, 0.05) is 0 Å². The molecule has 0 aliphatic heterocycles. The van der Waals surface area contributed by atoms with Gasteiger partial charge >= 0.3 is 17.9 Å². The van der Waals surface area contributed by atoms with Gasteiger partial charge in [-0.1, -0.05) is 46.8 Å². The Morgan fingerprint density at radius 2 is 1.29 bits per heavy atom. The molecule has 7 nitrogen and oxygen atoms in total. The summed E-state index contributed by atoms with van der Waals surface area (Å²) in [5.41, 5.74) is -0.195. The molecule has 0 N–H and O–H groups in total. The van der Waals surface area contributed by atoms with E-state index in [0.717, 1.165) is 51.4 Å². The number of carbonyl (C=O) groups excluding carboxylic acids is 3. The van der Waals surface area contributed by atoms with Crippen LogP contribution < -0.4 is 0 Å². The van der Waals surface area contributed by atoms with E-state index in [4.69, 9.17) is 18.9 Å². The van der Waals surface area contributed by atoms with Crippen molar-refractivity contribution in [2.24, 2.45) is 67.5 Å². The molecule has 5 fully saturated rings. The lowest BCUT2D eigenvalue weighted by Crippen LogP contribution is -2.67. The van der Waals surface area contributed by atoms with Crippen molar-refractivity contribution >= 4 is 17.9 Å². The first-order valence-corrected chi connectivity index (χ1v) is 19.3. The van der Waals surface area contributed by atoms with Crippen molar-refractivity contribution in [3.8, 4) is 0 Å². The normalized spacial score (nSPS) is 41.3. The zero-order chi connectivity index (χ0) is 36.6. The van der Waals surface area contributed by atoms with Gasteiger partial charge in [0.25, 0.3) is 0 Å². The summed E-state index contributed by atoms with van der Waals surface area (Å²) in [7, 11) is 0. The first-order chi connectivity index (χ1) is 22.5. The second kappa shape index (κ2) is 12.7. The Morgan fingerprint density at radius 1 is 0.673 bits per heavy atom. The van der Waals surface area contributed by atoms with Crippen molar-refractivity contribution in [3.63, 3.8) is 0 Å². The second-order valence-electron chi connectivity index (χ2n) is 20.4. The maximum atomic E-state index is 14.2. The third kappa shape index (κ3) is 6.12. The average Bonchev–Trinajstić information content (AvgIpc) is 3.39. The summed E-state index contributed by atoms with van der Waals surface area (Å²) < 4.78 is 23.2. The highest BCUT2D eigenvalue weighted by Gasteiger charge is 2.72. The van der Waals surface area contributed by atoms with Crippen LogP contribution in [0.3, 0.4) is 0 Å². The lowest BCUT2D eigenvalue weighted by atomic mass is 9.32. The number of fused-ring (bicyclic) bond motifs is 7. The molecule has 4 unspecified atom stereocenters. The predicted molar refractivity (Wildman–Crippen MR) is 191 cm³/mol. The second-order valence-corrected chi connectivity index (χ2v) is 20.4. The Balaban J connectivity index is 1.37. The summed E-state index contributed by atoms with van der Waals surface area (Å²) in [6.07, 6.45) is 10.3. The summed E-state index contributed by atoms with van der Waals surface area (Å²) >= 11 is 0. The smallest absolute Gasteiger partial charge is 0.315 e. The number of ether oxygens (including phenoxy) is 4. The van der Waals surface area contributed by atoms with Crippen LogP contribution in [0.15, 0.2) is 12.2 Å². The number of rotatable bonds is 7. The minimum atomic E-state index is -0.648. The molecule has 5 saturated carbocycles. The van der Waals surface area contributed by atoms with Crippen LogP contribution in [0.1, 0.15) is 147 Å². The highest BCUT2D eigenvalue weighted by Crippen LogP contribution is 2.77. The van der Waals surface area contributed by atoms with Crippen molar-refractivity contribution in [3.05, 3.63) is 12.2 Å². The fraction of sp³-hybridized carbons (Fsp3) is 0.881. The van der Waals surface area contributed by atoms with Gasteiger partial charge in [0.15, 0.2) is 6.79 Å². The van der Waals surface area contributed by atoms with Crippen LogP contribution in [0.25, 0.3) is 0 Å². The van der Waals surface area contributed by atoms with Crippen LogP contribution in [-0.4, -0.2) is 37.6 Å². The Morgan fingerprint density at radius 3 is 1.88 bits per heavy atom. The van der Waals surface area contributed by atoms with Crippen molar-refractivity contribution in [1.82, 2.24) is 0 Å². The highest BCUT2D eigenvalue weighted by atomic mass is 16.7. The molecule has 5 aliphatic carbocycles. The molecule has 0 bridgehead atoms. The van der Waals surface area contributed by atoms with E-state index in [9.17, 15) is 14.4 Å². The largest absolute Gasteiger partial charge is 0.438 e. The van der Waals surface area contributed by atoms with Crippen LogP contribution in [0.2, 0.25) is 0 Å². The van der Waals surface area contributed by atoms with E-state index in [-0.39, 0.29) is 65.2 Å². The molecular weight excluding hydrogens is 616 g/mol. The van der Waals surface area contributed by atoms with Gasteiger partial charge in [-0.25, -0.2) is 0 Å². The maximum absolute atomic E-state index is 14.2. The summed E-state index contributed by atoms with van der Waals surface area (Å²) in [6, 6.07) is 0. The topological polar surface area (TPSA) is 88.1 Å². The van der Waals surface area contributed by atoms with E-state index >= 15 is 0 Å². The monoisotopic (exact) mass is 684 g/mol. The quantitative estimate of drug-likeness (QED) is 0.150. The molecule has 278 valence electrons. The van der Waals surface area contributed by atoms with Crippen molar-refractivity contribution in [2.45, 2.75) is 153 Å². The minimum Gasteiger partial charge on any atom is -0.438 e. The molecule has 0 aromatic heterocycles. The number of hydrogen-bond donors (Lipinski definition) is 0. The minimum absolute atomic E-state index is 0.0169. The Labute approximate surface area is 297 Å². The van der Waals surface area contributed by atoms with Crippen molar-refractivity contribution in [2.75, 3.05) is 13.6 Å². The molecule has 0 aromatic carbocycles. The Kier molecular flexibility index (Phi) is 9.90. The average molecular weight is 685 g/mol. The van der Waals surface area contributed by atoms with E-state index in [1.54, 1.807) is 20.8 Å². The zero-order valence-electron chi connectivity index (χ0n) is 33.0. The van der Waals surface area contributed by atoms with Gasteiger partial charge in [-0.05, 0) is 164 Å². The van der Waals surface area contributed by atoms with E-state index in [1.165, 1.54) is 18.4 Å². The van der Waals surface area contributed by atoms with Crippen LogP contribution >= 0.6 is 0 Å². The molecule has 0 spiro atoms. The Bertz CT molecular complexity index is 1320. The third-order valence-electron chi connectivity index (χ3n) is 15.5. The van der Waals surface area contributed by atoms with Gasteiger partial charge < -0.3 is 18.9 Å². The van der Waals surface area contributed by atoms with Crippen LogP contribution in [0.5, 0.6) is 0 Å². The summed E-state index contributed by atoms with van der Waals surface area (Å²) in [5.74, 6) is 1.21. The van der Waals surface area contributed by atoms with Gasteiger partial charge in [-0.3, -0.25) is 14.4 Å². The summed E-state index contributed by atoms with van der Waals surface area (Å²) in [4.78, 5) is 39.0. The molecule has 0 amide bonds. The van der Waals surface area contributed by atoms with E-state index < -0.39 is 16.2 Å². The maximum Gasteiger partial charge on any atom is 0.315 e. The first-order valence-electron chi connectivity index (χ1n) is 19.3. The molecule has 5 rings (SSSR count). The van der Waals surface area contributed by atoms with Crippen molar-refractivity contribution < 1.29 is 33.3 Å². The van der Waals surface area contributed by atoms with Gasteiger partial charge in [0.05, 0.1) is 22.3 Å². The molecular formula is C42H68O7. The van der Waals surface area contributed by atoms with E-state index in [1.807, 2.05) is 20.8 Å². The number of esters is 3. The first kappa shape index (κ1) is 38.3. The zero-order valence-corrected chi connectivity index (χ0v) is 33.0. The van der Waals surface area contributed by atoms with E-state index in [2.05, 4.69) is 48.1 Å². The molecule has 5 aliphatic rings. The van der Waals surface area contributed by atoms with Gasteiger partial charge in [-0.15, -0.1) is 0 Å². The lowest BCUT2D eigenvalue weighted by molar-refractivity contribution is -0.258. The van der Waals surface area contributed by atoms with Crippen LogP contribution in [-0.2, 0) is 33.3 Å². The standard InChI is InChI=1S/C42H68O7/c1-26(2)27-16-21-42(35(45)49-25-48-34(44)37(6,7)8)23-22-40(12)28(32(27)42)14-15-30-39(11)19-18-31(46-24-47-33(43)36(3,4)5)38(9,10)29(39)17-20-41(30,40)13/h27-32H,1,14-25H2,2-13H3/t27-,28?,29?,30?,31-,32?,39-,40+,41+,42-/m0/s1. The molecule has 0 radical (unpaired) electrons. The number of allylic oxidation sites excluding steroid dienone is 1. The number of hydrogen-bond acceptors (Lipinski definition) is 7. The summed E-state index contributed by atoms with van der Waals surface area (Å²) in [5, 5.41) is 0. The fourth-order valence-corrected chi connectivity index (χ4v) is 12.7. The summed E-state index contributed by atoms with van der Waals surface area (Å²) in [6.45, 7) is 29.9. The number of carbonyl (C=O) groups is 3. The predicted octanol–water partition coefficient (Wildman–Crippen LogP) is 9.67. The molecule has 7 heteroatoms. The SMILES string of the molecule is C=C(C)[C@@H]1CC[C@]2(C(=O)OCOC(=O)C(C)(C)C)CC[C@]3(C)C(CCC4[C@@]5(C)CC[C@H](OCOC(=O)C(C)(C)C)C(C)(C)C5CC[C@]43C)C12. The molecule has 0 heterocycles. The molecule has 0 aromatic rings. The third-order valence-corrected chi connectivity index (χ3v) is 15.5. The Hall–Kier alpha value is -1.89. The van der Waals surface area contributed by atoms with E-state index in [0.29, 0.717) is 23.7 Å². The molecule has 10 atom stereocenters. The van der Waals surface area contributed by atoms with Gasteiger partial charge in [0.2, 0.25) is 6.79 Å². The lowest BCUT2D eigenvalue weighted by Gasteiger charge is -2.72. The highest BCUT2D eigenvalue weighted by molar-refractivity contribution is 5.79. The van der Waals surface area contributed by atoms with Crippen LogP contribution in [0.4, 0.5) is 0 Å². The van der Waals surface area contributed by atoms with Gasteiger partial charge in [-0.2, -0.15) is 0 Å².